The van der Waals surface area contributed by atoms with Crippen LogP contribution in [0.4, 0.5) is 0 Å². The first-order chi connectivity index (χ1) is 11.2. The van der Waals surface area contributed by atoms with Crippen LogP contribution in [0.3, 0.4) is 0 Å². The zero-order valence-corrected chi connectivity index (χ0v) is 13.3. The van der Waals surface area contributed by atoms with E-state index in [4.69, 9.17) is 0 Å². The number of rotatable bonds is 3. The Bertz CT molecular complexity index is 846. The van der Waals surface area contributed by atoms with E-state index in [1.54, 1.807) is 4.57 Å². The molecular formula is C16H16N4O2S. The second-order valence-corrected chi connectivity index (χ2v) is 6.71. The predicted molar refractivity (Wildman–Crippen MR) is 87.4 cm³/mol. The summed E-state index contributed by atoms with van der Waals surface area (Å²) < 4.78 is 1.57. The Morgan fingerprint density at radius 2 is 2.22 bits per heavy atom. The fourth-order valence-corrected chi connectivity index (χ4v) is 3.82. The maximum absolute atomic E-state index is 12.3. The average Bonchev–Trinajstić information content (AvgIpc) is 3.21. The second kappa shape index (κ2) is 5.82. The molecule has 0 aliphatic carbocycles. The summed E-state index contributed by atoms with van der Waals surface area (Å²) in [5, 5.41) is 6.81. The largest absolute Gasteiger partial charge is 0.348 e. The van der Waals surface area contributed by atoms with Crippen LogP contribution in [0, 0.1) is 0 Å². The Balaban J connectivity index is 1.49. The molecule has 0 saturated carbocycles. The van der Waals surface area contributed by atoms with Gasteiger partial charge in [-0.15, -0.1) is 0 Å². The molecule has 2 aliphatic heterocycles. The number of benzene rings is 1. The Hall–Kier alpha value is -2.12. The van der Waals surface area contributed by atoms with Gasteiger partial charge >= 0.3 is 0 Å². The van der Waals surface area contributed by atoms with Crippen molar-refractivity contribution in [2.24, 2.45) is 0 Å². The molecule has 0 fully saturated rings. The second-order valence-electron chi connectivity index (χ2n) is 5.65. The maximum atomic E-state index is 12.3. The van der Waals surface area contributed by atoms with Crippen molar-refractivity contribution in [1.82, 2.24) is 20.2 Å². The van der Waals surface area contributed by atoms with Crippen LogP contribution in [0.2, 0.25) is 0 Å². The molecule has 6 nitrogen and oxygen atoms in total. The van der Waals surface area contributed by atoms with E-state index in [1.807, 2.05) is 6.07 Å². The molecule has 4 rings (SSSR count). The first kappa shape index (κ1) is 14.5. The number of thioether (sulfide) groups is 1. The van der Waals surface area contributed by atoms with Gasteiger partial charge in [-0.3, -0.25) is 14.2 Å². The molecule has 7 heteroatoms. The molecule has 2 aliphatic rings. The van der Waals surface area contributed by atoms with Crippen LogP contribution in [0.15, 0.2) is 34.3 Å². The van der Waals surface area contributed by atoms with Crippen molar-refractivity contribution in [3.63, 3.8) is 0 Å². The molecule has 1 amide bonds. The summed E-state index contributed by atoms with van der Waals surface area (Å²) in [7, 11) is 0. The zero-order valence-electron chi connectivity index (χ0n) is 12.5. The normalized spacial score (nSPS) is 15.3. The maximum Gasteiger partial charge on any atom is 0.267 e. The third-order valence-electron chi connectivity index (χ3n) is 4.16. The van der Waals surface area contributed by atoms with E-state index >= 15 is 0 Å². The first-order valence-electron chi connectivity index (χ1n) is 7.54. The van der Waals surface area contributed by atoms with Crippen molar-refractivity contribution in [3.05, 3.63) is 57.0 Å². The Labute approximate surface area is 137 Å². The number of hydrogen-bond donors (Lipinski definition) is 2. The van der Waals surface area contributed by atoms with Crippen molar-refractivity contribution < 1.29 is 4.79 Å². The van der Waals surface area contributed by atoms with Gasteiger partial charge in [-0.1, -0.05) is 30.0 Å². The highest BCUT2D eigenvalue weighted by Gasteiger charge is 2.20. The lowest BCUT2D eigenvalue weighted by Crippen LogP contribution is -2.33. The summed E-state index contributed by atoms with van der Waals surface area (Å²) in [5.74, 6) is 0.463. The van der Waals surface area contributed by atoms with Gasteiger partial charge < -0.3 is 10.6 Å². The van der Waals surface area contributed by atoms with Gasteiger partial charge in [0.25, 0.3) is 11.5 Å². The summed E-state index contributed by atoms with van der Waals surface area (Å²) in [6, 6.07) is 6.19. The summed E-state index contributed by atoms with van der Waals surface area (Å²) in [6.45, 7) is 2.79. The van der Waals surface area contributed by atoms with Crippen molar-refractivity contribution >= 4 is 17.7 Å². The van der Waals surface area contributed by atoms with Gasteiger partial charge in [0.05, 0.1) is 0 Å². The molecule has 1 aromatic carbocycles. The molecule has 0 atom stereocenters. The highest BCUT2D eigenvalue weighted by Crippen LogP contribution is 2.20. The van der Waals surface area contributed by atoms with Crippen molar-refractivity contribution in [3.8, 4) is 0 Å². The van der Waals surface area contributed by atoms with Crippen LogP contribution in [-0.2, 0) is 26.2 Å². The number of aromatic nitrogens is 2. The molecule has 0 saturated heterocycles. The van der Waals surface area contributed by atoms with Crippen LogP contribution in [0.1, 0.15) is 27.0 Å². The van der Waals surface area contributed by atoms with E-state index in [1.165, 1.54) is 29.1 Å². The monoisotopic (exact) mass is 328 g/mol. The third-order valence-corrected chi connectivity index (χ3v) is 5.13. The summed E-state index contributed by atoms with van der Waals surface area (Å²) in [5.41, 5.74) is 3.46. The van der Waals surface area contributed by atoms with E-state index in [9.17, 15) is 9.59 Å². The van der Waals surface area contributed by atoms with E-state index < -0.39 is 0 Å². The van der Waals surface area contributed by atoms with E-state index in [0.29, 0.717) is 18.2 Å². The van der Waals surface area contributed by atoms with Crippen molar-refractivity contribution in [2.75, 3.05) is 5.75 Å². The highest BCUT2D eigenvalue weighted by molar-refractivity contribution is 7.99. The van der Waals surface area contributed by atoms with Crippen LogP contribution < -0.4 is 16.2 Å². The predicted octanol–water partition coefficient (Wildman–Crippen LogP) is 0.882. The Morgan fingerprint density at radius 3 is 3.13 bits per heavy atom. The van der Waals surface area contributed by atoms with Crippen LogP contribution >= 0.6 is 11.8 Å². The number of carbonyl (C=O) groups excluding carboxylic acids is 1. The van der Waals surface area contributed by atoms with Gasteiger partial charge in [-0.2, -0.15) is 0 Å². The van der Waals surface area contributed by atoms with Crippen LogP contribution in [-0.4, -0.2) is 21.2 Å². The van der Waals surface area contributed by atoms with Gasteiger partial charge in [0.2, 0.25) is 0 Å². The fourth-order valence-electron chi connectivity index (χ4n) is 2.91. The molecule has 0 spiro atoms. The zero-order chi connectivity index (χ0) is 15.8. The summed E-state index contributed by atoms with van der Waals surface area (Å²) >= 11 is 1.54. The molecule has 1 aromatic heterocycles. The minimum absolute atomic E-state index is 0.110. The number of amides is 1. The van der Waals surface area contributed by atoms with Crippen LogP contribution in [0.25, 0.3) is 0 Å². The quantitative estimate of drug-likeness (QED) is 0.818. The third kappa shape index (κ3) is 2.66. The Morgan fingerprint density at radius 1 is 1.35 bits per heavy atom. The van der Waals surface area contributed by atoms with E-state index in [-0.39, 0.29) is 17.0 Å². The number of nitrogens with zero attached hydrogens (tertiary/aromatic N) is 2. The van der Waals surface area contributed by atoms with Gasteiger partial charge in [0, 0.05) is 38.1 Å². The number of fused-ring (bicyclic) bond motifs is 2. The standard InChI is InChI=1S/C16H16N4O2S/c21-14(13-9-19-16-20(15(13)22)3-4-23-16)18-6-10-1-2-11-7-17-8-12(11)5-10/h1-2,5,9,17H,3-4,6-8H2,(H,18,21). The lowest BCUT2D eigenvalue weighted by Gasteiger charge is -2.08. The van der Waals surface area contributed by atoms with Crippen LogP contribution in [0.5, 0.6) is 0 Å². The van der Waals surface area contributed by atoms with Gasteiger partial charge in [-0.05, 0) is 16.7 Å². The van der Waals surface area contributed by atoms with Gasteiger partial charge in [0.1, 0.15) is 5.56 Å². The molecule has 0 bridgehead atoms. The average molecular weight is 328 g/mol. The van der Waals surface area contributed by atoms with Crippen molar-refractivity contribution in [2.45, 2.75) is 31.3 Å². The van der Waals surface area contributed by atoms with E-state index in [0.717, 1.165) is 24.4 Å². The smallest absolute Gasteiger partial charge is 0.267 e. The van der Waals surface area contributed by atoms with Gasteiger partial charge in [-0.25, -0.2) is 4.98 Å². The lowest BCUT2D eigenvalue weighted by molar-refractivity contribution is 0.0948. The molecule has 0 unspecified atom stereocenters. The van der Waals surface area contributed by atoms with Gasteiger partial charge in [0.15, 0.2) is 5.16 Å². The Kier molecular flexibility index (Phi) is 3.66. The minimum Gasteiger partial charge on any atom is -0.348 e. The van der Waals surface area contributed by atoms with Crippen molar-refractivity contribution in [1.29, 1.82) is 0 Å². The SMILES string of the molecule is O=C(NCc1ccc2c(c1)CNC2)c1cnc2n(c1=O)CCS2. The molecule has 23 heavy (non-hydrogen) atoms. The first-order valence-corrected chi connectivity index (χ1v) is 8.53. The lowest BCUT2D eigenvalue weighted by atomic mass is 10.1. The molecule has 2 aromatic rings. The molecule has 118 valence electrons. The number of carbonyl (C=O) groups is 1. The molecule has 0 radical (unpaired) electrons. The fraction of sp³-hybridized carbons (Fsp3) is 0.312. The summed E-state index contributed by atoms with van der Waals surface area (Å²) in [4.78, 5) is 28.8. The highest BCUT2D eigenvalue weighted by atomic mass is 32.2. The molecule has 2 N–H and O–H groups in total. The number of hydrogen-bond acceptors (Lipinski definition) is 5. The minimum atomic E-state index is -0.367. The molecular weight excluding hydrogens is 312 g/mol. The summed E-state index contributed by atoms with van der Waals surface area (Å²) in [6.07, 6.45) is 1.38. The molecule has 3 heterocycles. The van der Waals surface area contributed by atoms with E-state index in [2.05, 4.69) is 27.8 Å². The topological polar surface area (TPSA) is 76.0 Å². The number of nitrogens with one attached hydrogen (secondary N) is 2.